The first-order valence-electron chi connectivity index (χ1n) is 5.08. The standard InChI is InChI=1S/C13H8ClFINO/c14-9-3-6-11(15)12(7-9)17-13(18)8-1-4-10(16)5-2-8/h1-7H,(H,17,18). The van der Waals surface area contributed by atoms with E-state index in [-0.39, 0.29) is 11.6 Å². The maximum absolute atomic E-state index is 13.4. The molecule has 2 rings (SSSR count). The monoisotopic (exact) mass is 375 g/mol. The summed E-state index contributed by atoms with van der Waals surface area (Å²) < 4.78 is 14.5. The number of carbonyl (C=O) groups excluding carboxylic acids is 1. The molecule has 0 fully saturated rings. The highest BCUT2D eigenvalue weighted by atomic mass is 127. The molecule has 0 atom stereocenters. The van der Waals surface area contributed by atoms with Gasteiger partial charge in [0.25, 0.3) is 5.91 Å². The molecule has 0 radical (unpaired) electrons. The van der Waals surface area contributed by atoms with Crippen molar-refractivity contribution in [3.05, 3.63) is 62.4 Å². The van der Waals surface area contributed by atoms with Gasteiger partial charge in [0.05, 0.1) is 5.69 Å². The van der Waals surface area contributed by atoms with Gasteiger partial charge in [-0.25, -0.2) is 4.39 Å². The van der Waals surface area contributed by atoms with Gasteiger partial charge in [-0.1, -0.05) is 11.6 Å². The fourth-order valence-corrected chi connectivity index (χ4v) is 1.92. The molecule has 2 aromatic carbocycles. The highest BCUT2D eigenvalue weighted by Crippen LogP contribution is 2.20. The van der Waals surface area contributed by atoms with Gasteiger partial charge in [-0.2, -0.15) is 0 Å². The maximum atomic E-state index is 13.4. The zero-order valence-electron chi connectivity index (χ0n) is 9.08. The molecule has 2 aromatic rings. The van der Waals surface area contributed by atoms with E-state index in [1.54, 1.807) is 12.1 Å². The van der Waals surface area contributed by atoms with Crippen molar-refractivity contribution in [2.45, 2.75) is 0 Å². The molecular weight excluding hydrogens is 368 g/mol. The molecule has 2 nitrogen and oxygen atoms in total. The van der Waals surface area contributed by atoms with E-state index in [0.29, 0.717) is 10.6 Å². The summed E-state index contributed by atoms with van der Waals surface area (Å²) in [6.45, 7) is 0. The van der Waals surface area contributed by atoms with Crippen LogP contribution in [-0.2, 0) is 0 Å². The minimum Gasteiger partial charge on any atom is -0.319 e. The summed E-state index contributed by atoms with van der Waals surface area (Å²) in [5.74, 6) is -0.883. The van der Waals surface area contributed by atoms with Crippen LogP contribution >= 0.6 is 34.2 Å². The second-order valence-corrected chi connectivity index (χ2v) is 5.27. The fourth-order valence-electron chi connectivity index (χ4n) is 1.39. The third-order valence-corrected chi connectivity index (χ3v) is 3.24. The van der Waals surface area contributed by atoms with Gasteiger partial charge in [0.1, 0.15) is 5.82 Å². The lowest BCUT2D eigenvalue weighted by Crippen LogP contribution is -2.12. The van der Waals surface area contributed by atoms with Gasteiger partial charge in [0.2, 0.25) is 0 Å². The summed E-state index contributed by atoms with van der Waals surface area (Å²) in [7, 11) is 0. The molecule has 0 saturated heterocycles. The number of anilines is 1. The maximum Gasteiger partial charge on any atom is 0.255 e. The molecular formula is C13H8ClFINO. The van der Waals surface area contributed by atoms with Crippen LogP contribution in [0.3, 0.4) is 0 Å². The van der Waals surface area contributed by atoms with E-state index in [1.807, 2.05) is 12.1 Å². The quantitative estimate of drug-likeness (QED) is 0.778. The Hall–Kier alpha value is -1.14. The molecule has 1 amide bonds. The number of rotatable bonds is 2. The zero-order chi connectivity index (χ0) is 13.1. The molecule has 1 N–H and O–H groups in total. The minimum absolute atomic E-state index is 0.0750. The number of hydrogen-bond donors (Lipinski definition) is 1. The van der Waals surface area contributed by atoms with Crippen molar-refractivity contribution in [2.24, 2.45) is 0 Å². The van der Waals surface area contributed by atoms with E-state index < -0.39 is 5.82 Å². The van der Waals surface area contributed by atoms with Gasteiger partial charge in [-0.05, 0) is 65.1 Å². The van der Waals surface area contributed by atoms with Crippen LogP contribution in [0.4, 0.5) is 10.1 Å². The largest absolute Gasteiger partial charge is 0.319 e. The van der Waals surface area contributed by atoms with Crippen molar-refractivity contribution in [3.63, 3.8) is 0 Å². The van der Waals surface area contributed by atoms with Crippen molar-refractivity contribution in [2.75, 3.05) is 5.32 Å². The van der Waals surface area contributed by atoms with E-state index in [2.05, 4.69) is 27.9 Å². The lowest BCUT2D eigenvalue weighted by atomic mass is 10.2. The van der Waals surface area contributed by atoms with E-state index in [9.17, 15) is 9.18 Å². The van der Waals surface area contributed by atoms with Gasteiger partial charge in [-0.3, -0.25) is 4.79 Å². The molecule has 0 heterocycles. The molecule has 0 aromatic heterocycles. The van der Waals surface area contributed by atoms with Crippen molar-refractivity contribution < 1.29 is 9.18 Å². The third kappa shape index (κ3) is 3.20. The van der Waals surface area contributed by atoms with Crippen LogP contribution in [0.25, 0.3) is 0 Å². The first-order valence-corrected chi connectivity index (χ1v) is 6.54. The van der Waals surface area contributed by atoms with Crippen molar-refractivity contribution >= 4 is 45.8 Å². The zero-order valence-corrected chi connectivity index (χ0v) is 12.0. The second kappa shape index (κ2) is 5.67. The topological polar surface area (TPSA) is 29.1 Å². The lowest BCUT2D eigenvalue weighted by molar-refractivity contribution is 0.102. The smallest absolute Gasteiger partial charge is 0.255 e. The fraction of sp³-hybridized carbons (Fsp3) is 0. The van der Waals surface area contributed by atoms with Gasteiger partial charge in [0, 0.05) is 14.2 Å². The average molecular weight is 376 g/mol. The molecule has 92 valence electrons. The summed E-state index contributed by atoms with van der Waals surface area (Å²) in [4.78, 5) is 11.9. The van der Waals surface area contributed by atoms with E-state index in [4.69, 9.17) is 11.6 Å². The molecule has 18 heavy (non-hydrogen) atoms. The van der Waals surface area contributed by atoms with Crippen molar-refractivity contribution in [1.82, 2.24) is 0 Å². The number of hydrogen-bond acceptors (Lipinski definition) is 1. The Labute approximate surface area is 122 Å². The van der Waals surface area contributed by atoms with E-state index in [0.717, 1.165) is 3.57 Å². The summed E-state index contributed by atoms with van der Waals surface area (Å²) in [5.41, 5.74) is 0.542. The molecule has 0 saturated carbocycles. The summed E-state index contributed by atoms with van der Waals surface area (Å²) in [6, 6.07) is 11.0. The first kappa shape index (κ1) is 13.3. The van der Waals surface area contributed by atoms with Gasteiger partial charge in [-0.15, -0.1) is 0 Å². The van der Waals surface area contributed by atoms with Crippen LogP contribution in [0, 0.1) is 9.39 Å². The van der Waals surface area contributed by atoms with Gasteiger partial charge in [0.15, 0.2) is 0 Å². The predicted octanol–water partition coefficient (Wildman–Crippen LogP) is 4.34. The third-order valence-electron chi connectivity index (χ3n) is 2.28. The van der Waals surface area contributed by atoms with Crippen LogP contribution in [0.1, 0.15) is 10.4 Å². The lowest BCUT2D eigenvalue weighted by Gasteiger charge is -2.06. The Morgan fingerprint density at radius 3 is 2.50 bits per heavy atom. The Morgan fingerprint density at radius 1 is 1.17 bits per heavy atom. The molecule has 0 unspecified atom stereocenters. The number of nitrogens with one attached hydrogen (secondary N) is 1. The van der Waals surface area contributed by atoms with Crippen LogP contribution in [0.5, 0.6) is 0 Å². The Morgan fingerprint density at radius 2 is 1.83 bits per heavy atom. The van der Waals surface area contributed by atoms with E-state index in [1.165, 1.54) is 18.2 Å². The summed E-state index contributed by atoms with van der Waals surface area (Å²) in [6.07, 6.45) is 0. The number of carbonyl (C=O) groups is 1. The van der Waals surface area contributed by atoms with Gasteiger partial charge < -0.3 is 5.32 Å². The normalized spacial score (nSPS) is 10.2. The SMILES string of the molecule is O=C(Nc1cc(Cl)ccc1F)c1ccc(I)cc1. The predicted molar refractivity (Wildman–Crippen MR) is 78.5 cm³/mol. The highest BCUT2D eigenvalue weighted by molar-refractivity contribution is 14.1. The molecule has 0 spiro atoms. The number of amides is 1. The van der Waals surface area contributed by atoms with E-state index >= 15 is 0 Å². The second-order valence-electron chi connectivity index (χ2n) is 3.59. The Bertz CT molecular complexity index is 586. The summed E-state index contributed by atoms with van der Waals surface area (Å²) in [5, 5.41) is 2.86. The van der Waals surface area contributed by atoms with Crippen LogP contribution in [-0.4, -0.2) is 5.91 Å². The molecule has 0 aliphatic carbocycles. The van der Waals surface area contributed by atoms with Crippen molar-refractivity contribution in [1.29, 1.82) is 0 Å². The minimum atomic E-state index is -0.515. The molecule has 0 aliphatic heterocycles. The summed E-state index contributed by atoms with van der Waals surface area (Å²) >= 11 is 7.89. The van der Waals surface area contributed by atoms with Gasteiger partial charge >= 0.3 is 0 Å². The average Bonchev–Trinajstić information content (AvgIpc) is 2.34. The highest BCUT2D eigenvalue weighted by Gasteiger charge is 2.09. The Balaban J connectivity index is 2.21. The Kier molecular flexibility index (Phi) is 4.19. The number of benzene rings is 2. The first-order chi connectivity index (χ1) is 8.56. The van der Waals surface area contributed by atoms with Crippen LogP contribution < -0.4 is 5.32 Å². The van der Waals surface area contributed by atoms with Crippen molar-refractivity contribution in [3.8, 4) is 0 Å². The molecule has 0 aliphatic rings. The van der Waals surface area contributed by atoms with Crippen LogP contribution in [0.2, 0.25) is 5.02 Å². The molecule has 0 bridgehead atoms. The number of halogens is 3. The molecule has 5 heteroatoms. The van der Waals surface area contributed by atoms with Crippen LogP contribution in [0.15, 0.2) is 42.5 Å².